The lowest BCUT2D eigenvalue weighted by atomic mass is 9.76. The molecule has 0 N–H and O–H groups in total. The molecular weight excluding hydrogens is 390 g/mol. The summed E-state index contributed by atoms with van der Waals surface area (Å²) in [5, 5.41) is 0.375. The highest BCUT2D eigenvalue weighted by molar-refractivity contribution is 6.31. The van der Waals surface area contributed by atoms with Crippen molar-refractivity contribution in [2.75, 3.05) is 4.90 Å². The summed E-state index contributed by atoms with van der Waals surface area (Å²) in [6, 6.07) is 6.37. The molecule has 1 aromatic carbocycles. The Morgan fingerprint density at radius 2 is 1.86 bits per heavy atom. The van der Waals surface area contributed by atoms with E-state index in [0.29, 0.717) is 10.7 Å². The van der Waals surface area contributed by atoms with Crippen LogP contribution in [0.4, 0.5) is 5.69 Å². The number of halogens is 1. The van der Waals surface area contributed by atoms with Gasteiger partial charge in [0.2, 0.25) is 11.8 Å². The average Bonchev–Trinajstić information content (AvgIpc) is 3.25. The van der Waals surface area contributed by atoms with E-state index in [2.05, 4.69) is 0 Å². The molecular formula is C19H16ClNO7. The first-order valence-corrected chi connectivity index (χ1v) is 8.97. The maximum atomic E-state index is 13.2. The monoisotopic (exact) mass is 405 g/mol. The van der Waals surface area contributed by atoms with E-state index in [-0.39, 0.29) is 0 Å². The van der Waals surface area contributed by atoms with Crippen molar-refractivity contribution in [3.8, 4) is 0 Å². The van der Waals surface area contributed by atoms with Gasteiger partial charge in [-0.3, -0.25) is 19.2 Å². The summed E-state index contributed by atoms with van der Waals surface area (Å²) in [4.78, 5) is 50.5. The molecule has 2 amide bonds. The summed E-state index contributed by atoms with van der Waals surface area (Å²) >= 11 is 6.00. The van der Waals surface area contributed by atoms with Crippen molar-refractivity contribution in [3.05, 3.63) is 41.4 Å². The molecule has 2 saturated heterocycles. The standard InChI is InChI=1S/C19H16ClNO7/c1-9(22)26-18(27-10(2)23)19-7-6-13(28-19)14-15(19)17(25)21(16(14)24)12-5-3-4-11(20)8-12/h3-8,13-15,18H,1-2H3/t13-,14-,15+,19+/m0/s1. The van der Waals surface area contributed by atoms with Gasteiger partial charge in [-0.15, -0.1) is 0 Å². The number of ether oxygens (including phenoxy) is 3. The van der Waals surface area contributed by atoms with Crippen LogP contribution in [-0.4, -0.2) is 41.7 Å². The van der Waals surface area contributed by atoms with Crippen molar-refractivity contribution >= 4 is 41.0 Å². The molecule has 0 spiro atoms. The fraction of sp³-hybridized carbons (Fsp3) is 0.368. The van der Waals surface area contributed by atoms with Crippen LogP contribution in [0.15, 0.2) is 36.4 Å². The van der Waals surface area contributed by atoms with Crippen LogP contribution in [0.25, 0.3) is 0 Å². The molecule has 2 fully saturated rings. The van der Waals surface area contributed by atoms with Gasteiger partial charge >= 0.3 is 11.9 Å². The smallest absolute Gasteiger partial charge is 0.305 e. The molecule has 1 aromatic rings. The van der Waals surface area contributed by atoms with Gasteiger partial charge in [0, 0.05) is 18.9 Å². The Balaban J connectivity index is 1.75. The van der Waals surface area contributed by atoms with Gasteiger partial charge in [-0.1, -0.05) is 23.7 Å². The van der Waals surface area contributed by atoms with Crippen LogP contribution < -0.4 is 4.90 Å². The summed E-state index contributed by atoms with van der Waals surface area (Å²) in [5.41, 5.74) is -1.23. The van der Waals surface area contributed by atoms with Crippen molar-refractivity contribution in [1.82, 2.24) is 0 Å². The lowest BCUT2D eigenvalue weighted by molar-refractivity contribution is -0.226. The highest BCUT2D eigenvalue weighted by Crippen LogP contribution is 2.54. The third-order valence-corrected chi connectivity index (χ3v) is 5.29. The molecule has 9 heteroatoms. The van der Waals surface area contributed by atoms with Gasteiger partial charge in [0.25, 0.3) is 6.29 Å². The second-order valence-corrected chi connectivity index (χ2v) is 7.28. The van der Waals surface area contributed by atoms with Crippen LogP contribution >= 0.6 is 11.6 Å². The van der Waals surface area contributed by atoms with Crippen LogP contribution in [0, 0.1) is 11.8 Å². The van der Waals surface area contributed by atoms with E-state index in [1.807, 2.05) is 0 Å². The minimum absolute atomic E-state index is 0.336. The maximum absolute atomic E-state index is 13.2. The summed E-state index contributed by atoms with van der Waals surface area (Å²) in [6.07, 6.45) is 0.963. The SMILES string of the molecule is CC(=O)OC(OC(C)=O)[C@]12C=C[C@H](O1)[C@@H]1C(=O)N(c3cccc(Cl)c3)C(=O)[C@@H]12. The molecule has 8 nitrogen and oxygen atoms in total. The summed E-state index contributed by atoms with van der Waals surface area (Å²) < 4.78 is 16.2. The van der Waals surface area contributed by atoms with E-state index in [0.717, 1.165) is 18.7 Å². The zero-order valence-electron chi connectivity index (χ0n) is 15.0. The molecule has 3 aliphatic rings. The Kier molecular flexibility index (Phi) is 4.28. The predicted octanol–water partition coefficient (Wildman–Crippen LogP) is 1.61. The Bertz CT molecular complexity index is 913. The van der Waals surface area contributed by atoms with Gasteiger partial charge in [0.05, 0.1) is 23.6 Å². The lowest BCUT2D eigenvalue weighted by Gasteiger charge is -2.34. The van der Waals surface area contributed by atoms with Gasteiger partial charge in [0.1, 0.15) is 0 Å². The third-order valence-electron chi connectivity index (χ3n) is 5.06. The minimum Gasteiger partial charge on any atom is -0.422 e. The normalized spacial score (nSPS) is 30.1. The van der Waals surface area contributed by atoms with Crippen LogP contribution in [-0.2, 0) is 33.4 Å². The number of esters is 2. The van der Waals surface area contributed by atoms with Crippen molar-refractivity contribution in [3.63, 3.8) is 0 Å². The van der Waals surface area contributed by atoms with E-state index in [4.69, 9.17) is 25.8 Å². The minimum atomic E-state index is -1.56. The molecule has 28 heavy (non-hydrogen) atoms. The van der Waals surface area contributed by atoms with Crippen LogP contribution in [0.2, 0.25) is 5.02 Å². The Labute approximate surface area is 165 Å². The maximum Gasteiger partial charge on any atom is 0.305 e. The number of rotatable bonds is 4. The Hall–Kier alpha value is -2.71. The average molecular weight is 406 g/mol. The zero-order chi connectivity index (χ0) is 20.2. The van der Waals surface area contributed by atoms with Crippen molar-refractivity contribution in [2.45, 2.75) is 31.8 Å². The number of hydrogen-bond acceptors (Lipinski definition) is 7. The number of carbonyl (C=O) groups is 4. The first-order valence-electron chi connectivity index (χ1n) is 8.59. The summed E-state index contributed by atoms with van der Waals surface area (Å²) in [6.45, 7) is 2.30. The number of nitrogens with zero attached hydrogens (tertiary/aromatic N) is 1. The molecule has 146 valence electrons. The summed E-state index contributed by atoms with van der Waals surface area (Å²) in [7, 11) is 0. The van der Waals surface area contributed by atoms with Gasteiger partial charge in [-0.05, 0) is 24.3 Å². The number of hydrogen-bond donors (Lipinski definition) is 0. The fourth-order valence-corrected chi connectivity index (χ4v) is 4.27. The fourth-order valence-electron chi connectivity index (χ4n) is 4.09. The number of imide groups is 1. The highest BCUT2D eigenvalue weighted by Gasteiger charge is 2.72. The topological polar surface area (TPSA) is 99.2 Å². The first-order chi connectivity index (χ1) is 13.2. The quantitative estimate of drug-likeness (QED) is 0.324. The molecule has 4 rings (SSSR count). The molecule has 0 radical (unpaired) electrons. The van der Waals surface area contributed by atoms with Gasteiger partial charge < -0.3 is 14.2 Å². The molecule has 0 aromatic heterocycles. The van der Waals surface area contributed by atoms with Crippen LogP contribution in [0.1, 0.15) is 13.8 Å². The number of amides is 2. The molecule has 3 heterocycles. The molecule has 0 aliphatic carbocycles. The van der Waals surface area contributed by atoms with Gasteiger partial charge in [-0.2, -0.15) is 0 Å². The van der Waals surface area contributed by atoms with Crippen molar-refractivity contribution < 1.29 is 33.4 Å². The van der Waals surface area contributed by atoms with E-state index in [1.54, 1.807) is 24.3 Å². The van der Waals surface area contributed by atoms with E-state index in [9.17, 15) is 19.2 Å². The highest BCUT2D eigenvalue weighted by atomic mass is 35.5. The van der Waals surface area contributed by atoms with Crippen molar-refractivity contribution in [1.29, 1.82) is 0 Å². The number of benzene rings is 1. The Morgan fingerprint density at radius 3 is 2.46 bits per heavy atom. The number of carbonyl (C=O) groups excluding carboxylic acids is 4. The van der Waals surface area contributed by atoms with Gasteiger partial charge in [0.15, 0.2) is 5.60 Å². The predicted molar refractivity (Wildman–Crippen MR) is 95.0 cm³/mol. The molecule has 3 aliphatic heterocycles. The van der Waals surface area contributed by atoms with Crippen molar-refractivity contribution in [2.24, 2.45) is 11.8 Å². The number of fused-ring (bicyclic) bond motifs is 5. The van der Waals surface area contributed by atoms with Crippen LogP contribution in [0.5, 0.6) is 0 Å². The molecule has 2 bridgehead atoms. The van der Waals surface area contributed by atoms with E-state index in [1.165, 1.54) is 12.1 Å². The summed E-state index contributed by atoms with van der Waals surface area (Å²) in [5.74, 6) is -4.23. The zero-order valence-corrected chi connectivity index (χ0v) is 15.7. The molecule has 0 unspecified atom stereocenters. The number of anilines is 1. The second-order valence-electron chi connectivity index (χ2n) is 6.84. The molecule has 4 atom stereocenters. The van der Waals surface area contributed by atoms with E-state index < -0.39 is 53.6 Å². The van der Waals surface area contributed by atoms with Crippen LogP contribution in [0.3, 0.4) is 0 Å². The second kappa shape index (κ2) is 6.42. The molecule has 0 saturated carbocycles. The largest absolute Gasteiger partial charge is 0.422 e. The third kappa shape index (κ3) is 2.63. The lowest BCUT2D eigenvalue weighted by Crippen LogP contribution is -2.52. The Morgan fingerprint density at radius 1 is 1.18 bits per heavy atom. The van der Waals surface area contributed by atoms with E-state index >= 15 is 0 Å². The van der Waals surface area contributed by atoms with Gasteiger partial charge in [-0.25, -0.2) is 4.90 Å². The first kappa shape index (κ1) is 18.6.